The summed E-state index contributed by atoms with van der Waals surface area (Å²) in [6, 6.07) is 8.35. The van der Waals surface area contributed by atoms with Gasteiger partial charge in [-0.1, -0.05) is 29.8 Å². The van der Waals surface area contributed by atoms with Crippen LogP contribution in [0.2, 0.25) is 0 Å². The van der Waals surface area contributed by atoms with Crippen molar-refractivity contribution in [3.05, 3.63) is 35.4 Å². The van der Waals surface area contributed by atoms with E-state index >= 15 is 0 Å². The summed E-state index contributed by atoms with van der Waals surface area (Å²) in [7, 11) is 0.411. The van der Waals surface area contributed by atoms with Crippen LogP contribution < -0.4 is 10.0 Å². The second-order valence-corrected chi connectivity index (χ2v) is 8.25. The van der Waals surface area contributed by atoms with E-state index in [2.05, 4.69) is 46.2 Å². The molecule has 0 aliphatic rings. The Kier molecular flexibility index (Phi) is 9.22. The van der Waals surface area contributed by atoms with Gasteiger partial charge < -0.3 is 10.2 Å². The number of guanidine groups is 1. The van der Waals surface area contributed by atoms with Crippen LogP contribution in [0.4, 0.5) is 0 Å². The summed E-state index contributed by atoms with van der Waals surface area (Å²) in [5.41, 5.74) is 1.82. The highest BCUT2D eigenvalue weighted by molar-refractivity contribution is 14.0. The van der Waals surface area contributed by atoms with E-state index in [-0.39, 0.29) is 24.0 Å². The summed E-state index contributed by atoms with van der Waals surface area (Å²) in [5.74, 6) is 0.717. The SMILES string of the molecule is CN=C(NCC(C)(C)NS(C)(=O)=O)N(C)Cc1ccc(C)cc1.I. The van der Waals surface area contributed by atoms with Crippen molar-refractivity contribution in [1.82, 2.24) is 14.9 Å². The maximum atomic E-state index is 11.4. The van der Waals surface area contributed by atoms with Crippen LogP contribution in [0.25, 0.3) is 0 Å². The molecule has 6 nitrogen and oxygen atoms in total. The van der Waals surface area contributed by atoms with E-state index in [4.69, 9.17) is 0 Å². The summed E-state index contributed by atoms with van der Waals surface area (Å²) in [5, 5.41) is 3.21. The average molecular weight is 468 g/mol. The Hall–Kier alpha value is -0.870. The molecule has 0 aliphatic heterocycles. The molecule has 0 amide bonds. The quantitative estimate of drug-likeness (QED) is 0.380. The summed E-state index contributed by atoms with van der Waals surface area (Å²) in [6.07, 6.45) is 1.16. The first-order chi connectivity index (χ1) is 10.5. The van der Waals surface area contributed by atoms with Crippen molar-refractivity contribution in [2.24, 2.45) is 4.99 Å². The maximum Gasteiger partial charge on any atom is 0.209 e. The molecular formula is C16H29IN4O2S. The van der Waals surface area contributed by atoms with E-state index in [0.717, 1.165) is 12.8 Å². The predicted octanol–water partition coefficient (Wildman–Crippen LogP) is 1.95. The first-order valence-electron chi connectivity index (χ1n) is 7.49. The van der Waals surface area contributed by atoms with Crippen LogP contribution in [0.15, 0.2) is 29.3 Å². The third-order valence-electron chi connectivity index (χ3n) is 3.26. The topological polar surface area (TPSA) is 73.8 Å². The van der Waals surface area contributed by atoms with Gasteiger partial charge in [0.25, 0.3) is 0 Å². The zero-order valence-corrected chi connectivity index (χ0v) is 18.4. The Bertz CT molecular complexity index is 643. The van der Waals surface area contributed by atoms with Gasteiger partial charge in [-0.25, -0.2) is 13.1 Å². The van der Waals surface area contributed by atoms with Gasteiger partial charge in [0.2, 0.25) is 10.0 Å². The number of nitrogens with zero attached hydrogens (tertiary/aromatic N) is 2. The molecule has 0 radical (unpaired) electrons. The fraction of sp³-hybridized carbons (Fsp3) is 0.562. The number of hydrogen-bond donors (Lipinski definition) is 2. The number of halogens is 1. The predicted molar refractivity (Wildman–Crippen MR) is 111 cm³/mol. The molecular weight excluding hydrogens is 439 g/mol. The van der Waals surface area contributed by atoms with E-state index in [9.17, 15) is 8.42 Å². The summed E-state index contributed by atoms with van der Waals surface area (Å²) in [6.45, 7) is 6.87. The molecule has 1 aromatic rings. The van der Waals surface area contributed by atoms with Gasteiger partial charge in [-0.05, 0) is 26.3 Å². The summed E-state index contributed by atoms with van der Waals surface area (Å²) < 4.78 is 25.4. The normalized spacial score (nSPS) is 12.5. The van der Waals surface area contributed by atoms with Crippen LogP contribution in [0.1, 0.15) is 25.0 Å². The number of hydrogen-bond acceptors (Lipinski definition) is 3. The lowest BCUT2D eigenvalue weighted by Gasteiger charge is -2.29. The van der Waals surface area contributed by atoms with Gasteiger partial charge in [0.1, 0.15) is 0 Å². The number of nitrogens with one attached hydrogen (secondary N) is 2. The van der Waals surface area contributed by atoms with Crippen LogP contribution in [0.5, 0.6) is 0 Å². The molecule has 8 heteroatoms. The Morgan fingerprint density at radius 3 is 2.25 bits per heavy atom. The van der Waals surface area contributed by atoms with Crippen molar-refractivity contribution in [1.29, 1.82) is 0 Å². The number of sulfonamides is 1. The molecule has 0 aliphatic carbocycles. The molecule has 138 valence electrons. The fourth-order valence-electron chi connectivity index (χ4n) is 2.26. The minimum absolute atomic E-state index is 0. The zero-order chi connectivity index (χ0) is 17.7. The van der Waals surface area contributed by atoms with Gasteiger partial charge in [0.05, 0.1) is 6.26 Å². The van der Waals surface area contributed by atoms with Crippen molar-refractivity contribution in [3.8, 4) is 0 Å². The van der Waals surface area contributed by atoms with Gasteiger partial charge in [0.15, 0.2) is 5.96 Å². The van der Waals surface area contributed by atoms with E-state index in [1.807, 2.05) is 25.8 Å². The summed E-state index contributed by atoms with van der Waals surface area (Å²) >= 11 is 0. The lowest BCUT2D eigenvalue weighted by atomic mass is 10.1. The van der Waals surface area contributed by atoms with E-state index in [1.165, 1.54) is 11.1 Å². The van der Waals surface area contributed by atoms with Crippen molar-refractivity contribution in [2.75, 3.05) is 26.9 Å². The zero-order valence-electron chi connectivity index (χ0n) is 15.3. The third-order valence-corrected chi connectivity index (χ3v) is 4.19. The first-order valence-corrected chi connectivity index (χ1v) is 9.38. The van der Waals surface area contributed by atoms with E-state index in [0.29, 0.717) is 12.5 Å². The number of aryl methyl sites for hydroxylation is 1. The molecule has 0 aromatic heterocycles. The van der Waals surface area contributed by atoms with Gasteiger partial charge >= 0.3 is 0 Å². The molecule has 0 saturated heterocycles. The monoisotopic (exact) mass is 468 g/mol. The van der Waals surface area contributed by atoms with Crippen molar-refractivity contribution < 1.29 is 8.42 Å². The van der Waals surface area contributed by atoms with E-state index in [1.54, 1.807) is 7.05 Å². The average Bonchev–Trinajstić information content (AvgIpc) is 2.39. The van der Waals surface area contributed by atoms with Gasteiger partial charge in [-0.15, -0.1) is 24.0 Å². The highest BCUT2D eigenvalue weighted by Crippen LogP contribution is 2.07. The minimum Gasteiger partial charge on any atom is -0.354 e. The molecule has 0 atom stereocenters. The Morgan fingerprint density at radius 1 is 1.25 bits per heavy atom. The lowest BCUT2D eigenvalue weighted by molar-refractivity contribution is 0.422. The standard InChI is InChI=1S/C16H28N4O2S.HI/c1-13-7-9-14(10-8-13)11-20(5)15(17-4)18-12-16(2,3)19-23(6,21)22;/h7-10,19H,11-12H2,1-6H3,(H,17,18);1H. The molecule has 0 bridgehead atoms. The maximum absolute atomic E-state index is 11.4. The van der Waals surface area contributed by atoms with Gasteiger partial charge in [0, 0.05) is 32.7 Å². The van der Waals surface area contributed by atoms with Gasteiger partial charge in [-0.2, -0.15) is 0 Å². The number of benzene rings is 1. The molecule has 1 rings (SSSR count). The van der Waals surface area contributed by atoms with Crippen LogP contribution in [-0.4, -0.2) is 51.7 Å². The lowest BCUT2D eigenvalue weighted by Crippen LogP contribution is -2.53. The van der Waals surface area contributed by atoms with Crippen LogP contribution in [-0.2, 0) is 16.6 Å². The van der Waals surface area contributed by atoms with Gasteiger partial charge in [-0.3, -0.25) is 4.99 Å². The molecule has 24 heavy (non-hydrogen) atoms. The molecule has 0 saturated carbocycles. The van der Waals surface area contributed by atoms with E-state index < -0.39 is 15.6 Å². The van der Waals surface area contributed by atoms with Crippen molar-refractivity contribution in [3.63, 3.8) is 0 Å². The highest BCUT2D eigenvalue weighted by atomic mass is 127. The molecule has 1 aromatic carbocycles. The largest absolute Gasteiger partial charge is 0.354 e. The van der Waals surface area contributed by atoms with Crippen molar-refractivity contribution in [2.45, 2.75) is 32.9 Å². The Balaban J connectivity index is 0.00000529. The molecule has 0 spiro atoms. The van der Waals surface area contributed by atoms with Crippen molar-refractivity contribution >= 4 is 40.0 Å². The molecule has 0 unspecified atom stereocenters. The number of rotatable bonds is 6. The fourth-order valence-corrected chi connectivity index (χ4v) is 3.34. The number of aliphatic imine (C=N–C) groups is 1. The smallest absolute Gasteiger partial charge is 0.209 e. The molecule has 0 heterocycles. The summed E-state index contributed by atoms with van der Waals surface area (Å²) in [4.78, 5) is 6.26. The molecule has 2 N–H and O–H groups in total. The Labute approximate surface area is 163 Å². The van der Waals surface area contributed by atoms with Crippen LogP contribution in [0, 0.1) is 6.92 Å². The Morgan fingerprint density at radius 2 is 1.79 bits per heavy atom. The van der Waals surface area contributed by atoms with Crippen LogP contribution in [0.3, 0.4) is 0 Å². The molecule has 0 fully saturated rings. The second-order valence-electron chi connectivity index (χ2n) is 6.50. The highest BCUT2D eigenvalue weighted by Gasteiger charge is 2.22. The second kappa shape index (κ2) is 9.57. The third kappa shape index (κ3) is 8.84. The minimum atomic E-state index is -3.25. The van der Waals surface area contributed by atoms with Crippen LogP contribution >= 0.6 is 24.0 Å². The first kappa shape index (κ1) is 23.1.